The summed E-state index contributed by atoms with van der Waals surface area (Å²) in [7, 11) is 0. The lowest BCUT2D eigenvalue weighted by Crippen LogP contribution is -2.28. The molecule has 1 atom stereocenters. The van der Waals surface area contributed by atoms with E-state index < -0.39 is 10.7 Å². The molecule has 0 bridgehead atoms. The van der Waals surface area contributed by atoms with Crippen molar-refractivity contribution in [1.82, 2.24) is 0 Å². The van der Waals surface area contributed by atoms with Crippen LogP contribution >= 0.6 is 0 Å². The van der Waals surface area contributed by atoms with E-state index in [9.17, 15) is 14.5 Å². The van der Waals surface area contributed by atoms with Crippen LogP contribution in [0.15, 0.2) is 18.2 Å². The number of nitrogens with one attached hydrogen (secondary N) is 1. The Morgan fingerprint density at radius 1 is 1.62 bits per heavy atom. The van der Waals surface area contributed by atoms with Crippen molar-refractivity contribution in [2.24, 2.45) is 5.73 Å². The smallest absolute Gasteiger partial charge is 0.272 e. The van der Waals surface area contributed by atoms with Crippen molar-refractivity contribution in [1.29, 1.82) is 0 Å². The van der Waals surface area contributed by atoms with Crippen LogP contribution in [0, 0.1) is 15.9 Å². The number of benzene rings is 1. The van der Waals surface area contributed by atoms with Gasteiger partial charge in [-0.15, -0.1) is 0 Å². The molecule has 88 valence electrons. The first-order valence-electron chi connectivity index (χ1n) is 4.99. The number of nitro benzene ring substituents is 1. The quantitative estimate of drug-likeness (QED) is 0.594. The Hall–Kier alpha value is -1.69. The van der Waals surface area contributed by atoms with Gasteiger partial charge in [0.1, 0.15) is 0 Å². The Kier molecular flexibility index (Phi) is 4.19. The molecule has 0 fully saturated rings. The van der Waals surface area contributed by atoms with Crippen molar-refractivity contribution in [3.05, 3.63) is 34.1 Å². The third kappa shape index (κ3) is 2.90. The maximum Gasteiger partial charge on any atom is 0.272 e. The molecule has 1 rings (SSSR count). The van der Waals surface area contributed by atoms with Crippen molar-refractivity contribution in [3.63, 3.8) is 0 Å². The van der Waals surface area contributed by atoms with Crippen molar-refractivity contribution in [2.45, 2.75) is 19.4 Å². The van der Waals surface area contributed by atoms with Gasteiger partial charge in [0.05, 0.1) is 16.7 Å². The molecule has 0 aliphatic carbocycles. The molecule has 0 aromatic heterocycles. The highest BCUT2D eigenvalue weighted by Gasteiger charge is 2.12. The predicted molar refractivity (Wildman–Crippen MR) is 59.8 cm³/mol. The lowest BCUT2D eigenvalue weighted by atomic mass is 10.2. The van der Waals surface area contributed by atoms with Crippen molar-refractivity contribution in [3.8, 4) is 0 Å². The number of hydrogen-bond donors (Lipinski definition) is 2. The number of non-ortho nitro benzene ring substituents is 1. The number of hydrogen-bond acceptors (Lipinski definition) is 4. The maximum atomic E-state index is 13.4. The highest BCUT2D eigenvalue weighted by molar-refractivity contribution is 5.50. The van der Waals surface area contributed by atoms with E-state index in [0.29, 0.717) is 6.54 Å². The third-order valence-corrected chi connectivity index (χ3v) is 2.30. The summed E-state index contributed by atoms with van der Waals surface area (Å²) in [5, 5.41) is 13.3. The molecule has 5 nitrogen and oxygen atoms in total. The summed E-state index contributed by atoms with van der Waals surface area (Å²) >= 11 is 0. The Balaban J connectivity index is 2.86. The fourth-order valence-corrected chi connectivity index (χ4v) is 1.28. The summed E-state index contributed by atoms with van der Waals surface area (Å²) in [6.07, 6.45) is 0.757. The second kappa shape index (κ2) is 5.41. The fraction of sp³-hybridized carbons (Fsp3) is 0.400. The van der Waals surface area contributed by atoms with Gasteiger partial charge < -0.3 is 11.1 Å². The SMILES string of the molecule is CCC(CN)Nc1ccc([N+](=O)[O-])cc1F. The molecule has 1 unspecified atom stereocenters. The summed E-state index contributed by atoms with van der Waals surface area (Å²) in [4.78, 5) is 9.77. The van der Waals surface area contributed by atoms with E-state index in [0.717, 1.165) is 12.5 Å². The van der Waals surface area contributed by atoms with Gasteiger partial charge in [0, 0.05) is 18.7 Å². The van der Waals surface area contributed by atoms with E-state index in [4.69, 9.17) is 5.73 Å². The minimum absolute atomic E-state index is 0.0315. The monoisotopic (exact) mass is 227 g/mol. The molecule has 0 saturated heterocycles. The topological polar surface area (TPSA) is 81.2 Å². The zero-order chi connectivity index (χ0) is 12.1. The molecule has 3 N–H and O–H groups in total. The van der Waals surface area contributed by atoms with E-state index in [1.54, 1.807) is 0 Å². The summed E-state index contributed by atoms with van der Waals surface area (Å²) < 4.78 is 13.4. The Labute approximate surface area is 92.6 Å². The molecule has 0 heterocycles. The first-order valence-corrected chi connectivity index (χ1v) is 4.99. The third-order valence-electron chi connectivity index (χ3n) is 2.30. The molecule has 16 heavy (non-hydrogen) atoms. The molecular weight excluding hydrogens is 213 g/mol. The molecular formula is C10H14FN3O2. The van der Waals surface area contributed by atoms with Crippen LogP contribution in [0.25, 0.3) is 0 Å². The zero-order valence-electron chi connectivity index (χ0n) is 8.94. The normalized spacial score (nSPS) is 12.2. The van der Waals surface area contributed by atoms with E-state index in [1.807, 2.05) is 6.92 Å². The minimum Gasteiger partial charge on any atom is -0.379 e. The number of nitrogens with two attached hydrogens (primary N) is 1. The molecule has 0 aliphatic rings. The van der Waals surface area contributed by atoms with Crippen LogP contribution in [0.4, 0.5) is 15.8 Å². The Morgan fingerprint density at radius 3 is 2.75 bits per heavy atom. The summed E-state index contributed by atoms with van der Waals surface area (Å²) in [5.74, 6) is -0.638. The molecule has 6 heteroatoms. The summed E-state index contributed by atoms with van der Waals surface area (Å²) in [5.41, 5.74) is 5.44. The standard InChI is InChI=1S/C10H14FN3O2/c1-2-7(6-12)13-10-4-3-8(14(15)16)5-9(10)11/h3-5,7,13H,2,6,12H2,1H3. The van der Waals surface area contributed by atoms with Crippen LogP contribution in [0.5, 0.6) is 0 Å². The van der Waals surface area contributed by atoms with E-state index in [1.165, 1.54) is 12.1 Å². The summed E-state index contributed by atoms with van der Waals surface area (Å²) in [6.45, 7) is 2.31. The molecule has 0 amide bonds. The molecule has 0 aliphatic heterocycles. The lowest BCUT2D eigenvalue weighted by molar-refractivity contribution is -0.385. The average molecular weight is 227 g/mol. The van der Waals surface area contributed by atoms with Gasteiger partial charge in [-0.05, 0) is 12.5 Å². The number of rotatable bonds is 5. The zero-order valence-corrected chi connectivity index (χ0v) is 8.94. The molecule has 0 saturated carbocycles. The van der Waals surface area contributed by atoms with Gasteiger partial charge in [-0.2, -0.15) is 0 Å². The Morgan fingerprint density at radius 2 is 2.31 bits per heavy atom. The number of nitro groups is 1. The molecule has 1 aromatic carbocycles. The van der Waals surface area contributed by atoms with Gasteiger partial charge in [0.15, 0.2) is 5.82 Å². The maximum absolute atomic E-state index is 13.4. The van der Waals surface area contributed by atoms with Crippen LogP contribution in [-0.2, 0) is 0 Å². The fourth-order valence-electron chi connectivity index (χ4n) is 1.28. The average Bonchev–Trinajstić information content (AvgIpc) is 2.27. The number of anilines is 1. The van der Waals surface area contributed by atoms with Crippen molar-refractivity contribution >= 4 is 11.4 Å². The van der Waals surface area contributed by atoms with Gasteiger partial charge >= 0.3 is 0 Å². The second-order valence-corrected chi connectivity index (χ2v) is 3.41. The molecule has 0 radical (unpaired) electrons. The van der Waals surface area contributed by atoms with Crippen LogP contribution in [0.1, 0.15) is 13.3 Å². The highest BCUT2D eigenvalue weighted by Crippen LogP contribution is 2.21. The van der Waals surface area contributed by atoms with Crippen LogP contribution in [-0.4, -0.2) is 17.5 Å². The Bertz CT molecular complexity index is 380. The predicted octanol–water partition coefficient (Wildman–Crippen LogP) is 1.88. The van der Waals surface area contributed by atoms with Crippen LogP contribution in [0.2, 0.25) is 0 Å². The minimum atomic E-state index is -0.638. The lowest BCUT2D eigenvalue weighted by Gasteiger charge is -2.16. The first kappa shape index (κ1) is 12.4. The van der Waals surface area contributed by atoms with E-state index in [2.05, 4.69) is 5.32 Å². The summed E-state index contributed by atoms with van der Waals surface area (Å²) in [6, 6.07) is 3.47. The van der Waals surface area contributed by atoms with E-state index in [-0.39, 0.29) is 17.4 Å². The van der Waals surface area contributed by atoms with Gasteiger partial charge in [-0.25, -0.2) is 4.39 Å². The van der Waals surface area contributed by atoms with Crippen molar-refractivity contribution < 1.29 is 9.31 Å². The number of halogens is 1. The highest BCUT2D eigenvalue weighted by atomic mass is 19.1. The van der Waals surface area contributed by atoms with Gasteiger partial charge in [-0.1, -0.05) is 6.92 Å². The first-order chi connectivity index (χ1) is 7.58. The largest absolute Gasteiger partial charge is 0.379 e. The van der Waals surface area contributed by atoms with Gasteiger partial charge in [0.25, 0.3) is 5.69 Å². The number of nitrogens with zero attached hydrogens (tertiary/aromatic N) is 1. The van der Waals surface area contributed by atoms with Gasteiger partial charge in [0.2, 0.25) is 0 Å². The van der Waals surface area contributed by atoms with Crippen LogP contribution < -0.4 is 11.1 Å². The second-order valence-electron chi connectivity index (χ2n) is 3.41. The molecule has 1 aromatic rings. The van der Waals surface area contributed by atoms with Crippen LogP contribution in [0.3, 0.4) is 0 Å². The van der Waals surface area contributed by atoms with E-state index >= 15 is 0 Å². The van der Waals surface area contributed by atoms with Crippen molar-refractivity contribution in [2.75, 3.05) is 11.9 Å². The molecule has 0 spiro atoms. The van der Waals surface area contributed by atoms with Gasteiger partial charge in [-0.3, -0.25) is 10.1 Å².